The Morgan fingerprint density at radius 2 is 1.28 bits per heavy atom. The minimum absolute atomic E-state index is 0.00903. The molecular formula is C23H38O2. The van der Waals surface area contributed by atoms with E-state index in [0.29, 0.717) is 0 Å². The fourth-order valence-corrected chi connectivity index (χ4v) is 3.17. The highest BCUT2D eigenvalue weighted by molar-refractivity contribution is 5.44. The number of aromatic hydroxyl groups is 2. The molecule has 0 amide bonds. The molecule has 0 spiro atoms. The van der Waals surface area contributed by atoms with Gasteiger partial charge in [0.25, 0.3) is 0 Å². The van der Waals surface area contributed by atoms with E-state index in [2.05, 4.69) is 19.1 Å². The Balaban J connectivity index is 1.89. The summed E-state index contributed by atoms with van der Waals surface area (Å²) in [6.07, 6.45) is 22.4. The summed E-state index contributed by atoms with van der Waals surface area (Å²) < 4.78 is 0. The van der Waals surface area contributed by atoms with E-state index >= 15 is 0 Å². The molecule has 0 aliphatic carbocycles. The summed E-state index contributed by atoms with van der Waals surface area (Å²) in [5.41, 5.74) is 0.859. The number of phenolic OH excluding ortho intramolecular Hbond substituents is 2. The lowest BCUT2D eigenvalue weighted by Gasteiger charge is -2.05. The molecule has 0 unspecified atom stereocenters. The van der Waals surface area contributed by atoms with Crippen LogP contribution in [0.5, 0.6) is 11.5 Å². The number of allylic oxidation sites excluding steroid dienone is 2. The number of hydrogen-bond acceptors (Lipinski definition) is 2. The van der Waals surface area contributed by atoms with Crippen LogP contribution in [0.25, 0.3) is 0 Å². The van der Waals surface area contributed by atoms with E-state index in [-0.39, 0.29) is 11.5 Å². The number of benzene rings is 1. The topological polar surface area (TPSA) is 40.5 Å². The van der Waals surface area contributed by atoms with Gasteiger partial charge in [-0.05, 0) is 50.2 Å². The average molecular weight is 347 g/mol. The molecule has 1 rings (SSSR count). The zero-order valence-electron chi connectivity index (χ0n) is 16.2. The maximum absolute atomic E-state index is 9.76. The fraction of sp³-hybridized carbons (Fsp3) is 0.652. The molecule has 0 fully saturated rings. The molecule has 2 heteroatoms. The molecule has 0 saturated heterocycles. The van der Waals surface area contributed by atoms with Crippen molar-refractivity contribution < 1.29 is 10.2 Å². The average Bonchev–Trinajstić information content (AvgIpc) is 2.61. The van der Waals surface area contributed by atoms with Gasteiger partial charge in [0.15, 0.2) is 11.5 Å². The van der Waals surface area contributed by atoms with Gasteiger partial charge < -0.3 is 10.2 Å². The van der Waals surface area contributed by atoms with Crippen LogP contribution in [0.4, 0.5) is 0 Å². The monoisotopic (exact) mass is 346 g/mol. The molecule has 2 nitrogen and oxygen atoms in total. The second-order valence-electron chi connectivity index (χ2n) is 7.12. The molecule has 25 heavy (non-hydrogen) atoms. The maximum atomic E-state index is 9.76. The Labute approximate surface area is 155 Å². The predicted molar refractivity (Wildman–Crippen MR) is 108 cm³/mol. The van der Waals surface area contributed by atoms with E-state index in [9.17, 15) is 10.2 Å². The van der Waals surface area contributed by atoms with Crippen molar-refractivity contribution in [3.05, 3.63) is 35.9 Å². The number of hydrogen-bond donors (Lipinski definition) is 2. The van der Waals surface area contributed by atoms with E-state index in [4.69, 9.17) is 0 Å². The Bertz CT molecular complexity index is 465. The first-order valence-electron chi connectivity index (χ1n) is 10.4. The maximum Gasteiger partial charge on any atom is 0.160 e. The molecular weight excluding hydrogens is 308 g/mol. The Morgan fingerprint density at radius 3 is 1.92 bits per heavy atom. The fourth-order valence-electron chi connectivity index (χ4n) is 3.17. The standard InChI is InChI=1S/C23H38O2/c1-2-3-4-5-6-7-8-9-10-11-12-13-14-15-16-18-21-19-17-20-22(24)23(21)25/h9-10,17,19-20,24-25H,2-8,11-16,18H2,1H3/b10-9-. The number of rotatable bonds is 15. The SMILES string of the molecule is CCCCCCCC/C=C\CCCCCCCc1cccc(O)c1O. The van der Waals surface area contributed by atoms with Gasteiger partial charge >= 0.3 is 0 Å². The van der Waals surface area contributed by atoms with E-state index in [1.807, 2.05) is 6.07 Å². The molecule has 0 bridgehead atoms. The van der Waals surface area contributed by atoms with Crippen LogP contribution in [0.2, 0.25) is 0 Å². The van der Waals surface area contributed by atoms with Crippen molar-refractivity contribution in [3.63, 3.8) is 0 Å². The van der Waals surface area contributed by atoms with Crippen LogP contribution in [0.15, 0.2) is 30.4 Å². The van der Waals surface area contributed by atoms with Gasteiger partial charge in [-0.2, -0.15) is 0 Å². The molecule has 1 aromatic carbocycles. The number of phenols is 2. The molecule has 0 radical (unpaired) electrons. The molecule has 142 valence electrons. The van der Waals surface area contributed by atoms with Gasteiger partial charge in [-0.3, -0.25) is 0 Å². The van der Waals surface area contributed by atoms with Gasteiger partial charge in [0, 0.05) is 0 Å². The summed E-state index contributed by atoms with van der Waals surface area (Å²) in [7, 11) is 0. The summed E-state index contributed by atoms with van der Waals surface area (Å²) in [5, 5.41) is 19.2. The Morgan fingerprint density at radius 1 is 0.720 bits per heavy atom. The minimum atomic E-state index is -0.00903. The molecule has 0 aromatic heterocycles. The summed E-state index contributed by atoms with van der Waals surface area (Å²) >= 11 is 0. The van der Waals surface area contributed by atoms with Crippen molar-refractivity contribution >= 4 is 0 Å². The van der Waals surface area contributed by atoms with E-state index in [1.165, 1.54) is 83.1 Å². The van der Waals surface area contributed by atoms with Gasteiger partial charge in [0.05, 0.1) is 0 Å². The van der Waals surface area contributed by atoms with Gasteiger partial charge in [-0.25, -0.2) is 0 Å². The highest BCUT2D eigenvalue weighted by atomic mass is 16.3. The summed E-state index contributed by atoms with van der Waals surface area (Å²) in [6.45, 7) is 2.27. The van der Waals surface area contributed by atoms with E-state index in [1.54, 1.807) is 6.07 Å². The van der Waals surface area contributed by atoms with Crippen LogP contribution in [-0.2, 0) is 6.42 Å². The second-order valence-corrected chi connectivity index (χ2v) is 7.12. The zero-order chi connectivity index (χ0) is 18.2. The van der Waals surface area contributed by atoms with Gasteiger partial charge in [0.2, 0.25) is 0 Å². The Hall–Kier alpha value is -1.44. The van der Waals surface area contributed by atoms with Crippen LogP contribution >= 0.6 is 0 Å². The van der Waals surface area contributed by atoms with Crippen LogP contribution < -0.4 is 0 Å². The second kappa shape index (κ2) is 14.9. The van der Waals surface area contributed by atoms with Crippen molar-refractivity contribution in [2.45, 2.75) is 96.8 Å². The first-order chi connectivity index (χ1) is 12.3. The highest BCUT2D eigenvalue weighted by Gasteiger charge is 2.04. The van der Waals surface area contributed by atoms with Gasteiger partial charge in [-0.15, -0.1) is 0 Å². The number of para-hydroxylation sites is 1. The highest BCUT2D eigenvalue weighted by Crippen LogP contribution is 2.29. The van der Waals surface area contributed by atoms with Crippen molar-refractivity contribution in [2.75, 3.05) is 0 Å². The summed E-state index contributed by atoms with van der Waals surface area (Å²) in [4.78, 5) is 0. The smallest absolute Gasteiger partial charge is 0.160 e. The van der Waals surface area contributed by atoms with Crippen molar-refractivity contribution in [1.29, 1.82) is 0 Å². The largest absolute Gasteiger partial charge is 0.504 e. The zero-order valence-corrected chi connectivity index (χ0v) is 16.2. The molecule has 0 saturated carbocycles. The van der Waals surface area contributed by atoms with E-state index in [0.717, 1.165) is 18.4 Å². The number of aryl methyl sites for hydroxylation is 1. The van der Waals surface area contributed by atoms with Crippen molar-refractivity contribution in [2.24, 2.45) is 0 Å². The quantitative estimate of drug-likeness (QED) is 0.199. The van der Waals surface area contributed by atoms with Crippen molar-refractivity contribution in [3.8, 4) is 11.5 Å². The number of unbranched alkanes of at least 4 members (excludes halogenated alkanes) is 11. The lowest BCUT2D eigenvalue weighted by Crippen LogP contribution is -1.87. The normalized spacial score (nSPS) is 11.4. The minimum Gasteiger partial charge on any atom is -0.504 e. The molecule has 1 aromatic rings. The third-order valence-corrected chi connectivity index (χ3v) is 4.81. The molecule has 0 aliphatic rings. The van der Waals surface area contributed by atoms with Crippen LogP contribution in [-0.4, -0.2) is 10.2 Å². The molecule has 0 aliphatic heterocycles. The van der Waals surface area contributed by atoms with Crippen LogP contribution in [0.3, 0.4) is 0 Å². The third-order valence-electron chi connectivity index (χ3n) is 4.81. The van der Waals surface area contributed by atoms with Crippen LogP contribution in [0, 0.1) is 0 Å². The Kier molecular flexibility index (Phi) is 12.8. The molecule has 2 N–H and O–H groups in total. The van der Waals surface area contributed by atoms with Gasteiger partial charge in [-0.1, -0.05) is 82.6 Å². The first-order valence-corrected chi connectivity index (χ1v) is 10.4. The third kappa shape index (κ3) is 10.9. The lowest BCUT2D eigenvalue weighted by molar-refractivity contribution is 0.398. The van der Waals surface area contributed by atoms with Crippen molar-refractivity contribution in [1.82, 2.24) is 0 Å². The molecule has 0 heterocycles. The molecule has 0 atom stereocenters. The predicted octanol–water partition coefficient (Wildman–Crippen LogP) is 7.29. The van der Waals surface area contributed by atoms with Crippen LogP contribution in [0.1, 0.15) is 96.0 Å². The summed E-state index contributed by atoms with van der Waals surface area (Å²) in [6, 6.07) is 5.21. The van der Waals surface area contributed by atoms with E-state index < -0.39 is 0 Å². The van der Waals surface area contributed by atoms with Gasteiger partial charge in [0.1, 0.15) is 0 Å². The summed E-state index contributed by atoms with van der Waals surface area (Å²) in [5.74, 6) is 0.0447. The first kappa shape index (κ1) is 21.6. The lowest BCUT2D eigenvalue weighted by atomic mass is 10.0.